The summed E-state index contributed by atoms with van der Waals surface area (Å²) in [6, 6.07) is 0. The molecule has 0 bridgehead atoms. The average Bonchev–Trinajstić information content (AvgIpc) is 2.30. The highest BCUT2D eigenvalue weighted by molar-refractivity contribution is 4.81. The van der Waals surface area contributed by atoms with Gasteiger partial charge in [0.25, 0.3) is 0 Å². The Bertz CT molecular complexity index is 185. The van der Waals surface area contributed by atoms with E-state index >= 15 is 0 Å². The molecule has 1 N–H and O–H groups in total. The molecule has 1 unspecified atom stereocenters. The lowest BCUT2D eigenvalue weighted by Crippen LogP contribution is -2.44. The first kappa shape index (κ1) is 14.0. The average molecular weight is 226 g/mol. The number of hydrogen-bond donors (Lipinski definition) is 1. The summed E-state index contributed by atoms with van der Waals surface area (Å²) in [6.07, 6.45) is 4.05. The fraction of sp³-hybridized carbons (Fsp3) is 1.00. The monoisotopic (exact) mass is 226 g/mol. The lowest BCUT2D eigenvalue weighted by atomic mass is 9.85. The van der Waals surface area contributed by atoms with Gasteiger partial charge in [0, 0.05) is 13.1 Å². The number of nitrogens with zero attached hydrogens (tertiary/aromatic N) is 1. The first-order valence-electron chi connectivity index (χ1n) is 7.02. The van der Waals surface area contributed by atoms with E-state index in [4.69, 9.17) is 0 Å². The molecular weight excluding hydrogens is 196 g/mol. The Labute approximate surface area is 102 Å². The van der Waals surface area contributed by atoms with Crippen LogP contribution < -0.4 is 5.32 Å². The van der Waals surface area contributed by atoms with Crippen molar-refractivity contribution in [3.8, 4) is 0 Å². The van der Waals surface area contributed by atoms with Gasteiger partial charge in [-0.15, -0.1) is 0 Å². The van der Waals surface area contributed by atoms with Crippen LogP contribution in [0.2, 0.25) is 0 Å². The summed E-state index contributed by atoms with van der Waals surface area (Å²) < 4.78 is 0. The zero-order valence-electron chi connectivity index (χ0n) is 11.7. The summed E-state index contributed by atoms with van der Waals surface area (Å²) in [4.78, 5) is 2.67. The van der Waals surface area contributed by atoms with Crippen molar-refractivity contribution in [2.24, 2.45) is 11.3 Å². The Hall–Kier alpha value is -0.0800. The third kappa shape index (κ3) is 4.42. The van der Waals surface area contributed by atoms with Gasteiger partial charge in [0.15, 0.2) is 0 Å². The maximum Gasteiger partial charge on any atom is 0.00474 e. The second-order valence-corrected chi connectivity index (χ2v) is 5.90. The predicted octanol–water partition coefficient (Wildman–Crippen LogP) is 2.74. The van der Waals surface area contributed by atoms with Crippen LogP contribution >= 0.6 is 0 Å². The molecule has 16 heavy (non-hydrogen) atoms. The summed E-state index contributed by atoms with van der Waals surface area (Å²) in [5.74, 6) is 0.942. The van der Waals surface area contributed by atoms with Gasteiger partial charge in [0.2, 0.25) is 0 Å². The molecule has 1 rings (SSSR count). The standard InChI is InChI=1S/C14H30N2/c1-5-14(4,11-15-6-2)12-16-9-7-13(3)8-10-16/h13,15H,5-12H2,1-4H3. The largest absolute Gasteiger partial charge is 0.316 e. The Morgan fingerprint density at radius 3 is 2.38 bits per heavy atom. The van der Waals surface area contributed by atoms with Crippen molar-refractivity contribution in [1.29, 1.82) is 0 Å². The van der Waals surface area contributed by atoms with E-state index in [1.807, 2.05) is 0 Å². The molecule has 0 spiro atoms. The van der Waals surface area contributed by atoms with Crippen LogP contribution in [0.25, 0.3) is 0 Å². The Kier molecular flexibility index (Phi) is 5.77. The minimum atomic E-state index is 0.455. The van der Waals surface area contributed by atoms with E-state index in [9.17, 15) is 0 Å². The fourth-order valence-electron chi connectivity index (χ4n) is 2.48. The molecule has 0 radical (unpaired) electrons. The number of nitrogens with one attached hydrogen (secondary N) is 1. The maximum atomic E-state index is 3.51. The fourth-order valence-corrected chi connectivity index (χ4v) is 2.48. The minimum Gasteiger partial charge on any atom is -0.316 e. The van der Waals surface area contributed by atoms with Crippen LogP contribution in [0, 0.1) is 11.3 Å². The zero-order chi connectivity index (χ0) is 12.0. The van der Waals surface area contributed by atoms with E-state index < -0.39 is 0 Å². The van der Waals surface area contributed by atoms with Gasteiger partial charge in [0.05, 0.1) is 0 Å². The first-order chi connectivity index (χ1) is 7.59. The third-order valence-corrected chi connectivity index (χ3v) is 4.14. The van der Waals surface area contributed by atoms with Crippen LogP contribution in [0.5, 0.6) is 0 Å². The van der Waals surface area contributed by atoms with Crippen molar-refractivity contribution in [3.05, 3.63) is 0 Å². The SMILES string of the molecule is CCNCC(C)(CC)CN1CCC(C)CC1. The molecule has 0 aromatic rings. The van der Waals surface area contributed by atoms with E-state index in [1.165, 1.54) is 38.9 Å². The molecule has 2 heteroatoms. The third-order valence-electron chi connectivity index (χ3n) is 4.14. The molecule has 2 nitrogen and oxygen atoms in total. The quantitative estimate of drug-likeness (QED) is 0.749. The molecule has 1 saturated heterocycles. The van der Waals surface area contributed by atoms with Crippen LogP contribution in [-0.2, 0) is 0 Å². The highest BCUT2D eigenvalue weighted by Gasteiger charge is 2.26. The van der Waals surface area contributed by atoms with Crippen LogP contribution in [0.15, 0.2) is 0 Å². The molecule has 1 atom stereocenters. The topological polar surface area (TPSA) is 15.3 Å². The minimum absolute atomic E-state index is 0.455. The molecule has 1 fully saturated rings. The number of likely N-dealkylation sites (tertiary alicyclic amines) is 1. The van der Waals surface area contributed by atoms with E-state index in [0.29, 0.717) is 5.41 Å². The molecule has 1 aliphatic heterocycles. The molecule has 1 heterocycles. The molecule has 96 valence electrons. The van der Waals surface area contributed by atoms with E-state index in [2.05, 4.69) is 37.9 Å². The van der Waals surface area contributed by atoms with Crippen LogP contribution in [-0.4, -0.2) is 37.6 Å². The normalized spacial score (nSPS) is 23.2. The number of hydrogen-bond acceptors (Lipinski definition) is 2. The second kappa shape index (κ2) is 6.61. The van der Waals surface area contributed by atoms with Crippen molar-refractivity contribution < 1.29 is 0 Å². The Morgan fingerprint density at radius 2 is 1.88 bits per heavy atom. The van der Waals surface area contributed by atoms with Crippen molar-refractivity contribution in [2.75, 3.05) is 32.7 Å². The molecule has 0 aliphatic carbocycles. The highest BCUT2D eigenvalue weighted by Crippen LogP contribution is 2.25. The van der Waals surface area contributed by atoms with Gasteiger partial charge < -0.3 is 10.2 Å². The van der Waals surface area contributed by atoms with Crippen LogP contribution in [0.1, 0.15) is 47.0 Å². The summed E-state index contributed by atoms with van der Waals surface area (Å²) >= 11 is 0. The van der Waals surface area contributed by atoms with Gasteiger partial charge in [-0.1, -0.05) is 27.7 Å². The smallest absolute Gasteiger partial charge is 0.00474 e. The van der Waals surface area contributed by atoms with Crippen LogP contribution in [0.3, 0.4) is 0 Å². The van der Waals surface area contributed by atoms with Gasteiger partial charge in [-0.05, 0) is 50.2 Å². The lowest BCUT2D eigenvalue weighted by molar-refractivity contribution is 0.118. The van der Waals surface area contributed by atoms with E-state index in [-0.39, 0.29) is 0 Å². The molecule has 0 aromatic heterocycles. The lowest BCUT2D eigenvalue weighted by Gasteiger charge is -2.38. The van der Waals surface area contributed by atoms with Gasteiger partial charge in [-0.25, -0.2) is 0 Å². The Morgan fingerprint density at radius 1 is 1.25 bits per heavy atom. The second-order valence-electron chi connectivity index (χ2n) is 5.90. The van der Waals surface area contributed by atoms with E-state index in [1.54, 1.807) is 0 Å². The molecule has 0 saturated carbocycles. The van der Waals surface area contributed by atoms with Crippen molar-refractivity contribution in [3.63, 3.8) is 0 Å². The van der Waals surface area contributed by atoms with Crippen molar-refractivity contribution in [1.82, 2.24) is 10.2 Å². The molecule has 0 amide bonds. The van der Waals surface area contributed by atoms with Gasteiger partial charge in [-0.3, -0.25) is 0 Å². The number of rotatable bonds is 6. The highest BCUT2D eigenvalue weighted by atomic mass is 15.1. The van der Waals surface area contributed by atoms with Gasteiger partial charge in [0.1, 0.15) is 0 Å². The first-order valence-corrected chi connectivity index (χ1v) is 7.02. The molecule has 1 aliphatic rings. The zero-order valence-corrected chi connectivity index (χ0v) is 11.7. The van der Waals surface area contributed by atoms with Gasteiger partial charge in [-0.2, -0.15) is 0 Å². The summed E-state index contributed by atoms with van der Waals surface area (Å²) in [7, 11) is 0. The maximum absolute atomic E-state index is 3.51. The summed E-state index contributed by atoms with van der Waals surface area (Å²) in [5, 5.41) is 3.51. The van der Waals surface area contributed by atoms with Gasteiger partial charge >= 0.3 is 0 Å². The number of piperidine rings is 1. The van der Waals surface area contributed by atoms with Crippen molar-refractivity contribution >= 4 is 0 Å². The summed E-state index contributed by atoms with van der Waals surface area (Å²) in [6.45, 7) is 15.5. The predicted molar refractivity (Wildman–Crippen MR) is 71.8 cm³/mol. The molecular formula is C14H30N2. The van der Waals surface area contributed by atoms with Crippen molar-refractivity contribution in [2.45, 2.75) is 47.0 Å². The van der Waals surface area contributed by atoms with Crippen LogP contribution in [0.4, 0.5) is 0 Å². The molecule has 0 aromatic carbocycles. The Balaban J connectivity index is 2.36. The summed E-state index contributed by atoms with van der Waals surface area (Å²) in [5.41, 5.74) is 0.455. The van der Waals surface area contributed by atoms with E-state index in [0.717, 1.165) is 19.0 Å².